The first kappa shape index (κ1) is 20.5. The summed E-state index contributed by atoms with van der Waals surface area (Å²) in [6.07, 6.45) is 2.52. The van der Waals surface area contributed by atoms with E-state index in [4.69, 9.17) is 9.47 Å². The van der Waals surface area contributed by atoms with E-state index in [1.165, 1.54) is 36.4 Å². The van der Waals surface area contributed by atoms with Crippen LogP contribution in [0.5, 0.6) is 11.5 Å². The number of benzene rings is 2. The molecule has 5 rings (SSSR count). The second-order valence-corrected chi connectivity index (χ2v) is 10.1. The summed E-state index contributed by atoms with van der Waals surface area (Å²) < 4.78 is 15.3. The van der Waals surface area contributed by atoms with Crippen LogP contribution in [0.3, 0.4) is 0 Å². The minimum atomic E-state index is 0.624. The van der Waals surface area contributed by atoms with Crippen molar-refractivity contribution < 1.29 is 9.47 Å². The van der Waals surface area contributed by atoms with Gasteiger partial charge in [-0.05, 0) is 55.1 Å². The third-order valence-corrected chi connectivity index (χ3v) is 7.60. The maximum Gasteiger partial charge on any atom is 0.184 e. The molecule has 3 aliphatic heterocycles. The first-order valence-electron chi connectivity index (χ1n) is 10.8. The highest BCUT2D eigenvalue weighted by molar-refractivity contribution is 9.10. The Morgan fingerprint density at radius 1 is 0.933 bits per heavy atom. The topological polar surface area (TPSA) is 28.2 Å². The van der Waals surface area contributed by atoms with E-state index in [1.807, 2.05) is 18.0 Å². The molecule has 7 heteroatoms. The van der Waals surface area contributed by atoms with Crippen molar-refractivity contribution in [2.24, 2.45) is 0 Å². The van der Waals surface area contributed by atoms with E-state index in [0.29, 0.717) is 13.2 Å². The van der Waals surface area contributed by atoms with Gasteiger partial charge in [0.15, 0.2) is 11.5 Å². The Labute approximate surface area is 191 Å². The second kappa shape index (κ2) is 9.39. The third kappa shape index (κ3) is 4.59. The molecule has 0 atom stereocenters. The van der Waals surface area contributed by atoms with Gasteiger partial charge in [-0.2, -0.15) is 0 Å². The van der Waals surface area contributed by atoms with Crippen molar-refractivity contribution in [3.8, 4) is 11.5 Å². The van der Waals surface area contributed by atoms with Crippen molar-refractivity contribution in [1.82, 2.24) is 9.21 Å². The van der Waals surface area contributed by atoms with Gasteiger partial charge in [-0.25, -0.2) is 4.31 Å². The van der Waals surface area contributed by atoms with Gasteiger partial charge < -0.3 is 14.4 Å². The molecule has 1 saturated heterocycles. The molecule has 5 nitrogen and oxygen atoms in total. The van der Waals surface area contributed by atoms with Crippen molar-refractivity contribution in [3.05, 3.63) is 46.4 Å². The highest BCUT2D eigenvalue weighted by Gasteiger charge is 2.24. The van der Waals surface area contributed by atoms with E-state index in [-0.39, 0.29) is 0 Å². The van der Waals surface area contributed by atoms with E-state index in [1.54, 1.807) is 0 Å². The number of hydrogen-bond donors (Lipinski definition) is 0. The largest absolute Gasteiger partial charge is 0.486 e. The lowest BCUT2D eigenvalue weighted by Gasteiger charge is -2.37. The number of hydrogen-bond acceptors (Lipinski definition) is 6. The van der Waals surface area contributed by atoms with E-state index in [0.717, 1.165) is 54.4 Å². The Hall–Kier alpha value is -1.41. The molecule has 2 aromatic rings. The summed E-state index contributed by atoms with van der Waals surface area (Å²) in [4.78, 5) is 6.47. The molecule has 0 saturated carbocycles. The van der Waals surface area contributed by atoms with Crippen LogP contribution in [0.2, 0.25) is 0 Å². The van der Waals surface area contributed by atoms with Gasteiger partial charge in [0.1, 0.15) is 13.2 Å². The SMILES string of the molecule is Brc1cc2c(c(N3CCN(CCCCN4Cc5ccccc5S4)CC3)c1)OCCO2. The van der Waals surface area contributed by atoms with Gasteiger partial charge in [0, 0.05) is 48.6 Å². The number of piperazine rings is 1. The normalized spacial score (nSPS) is 19.2. The maximum absolute atomic E-state index is 5.93. The summed E-state index contributed by atoms with van der Waals surface area (Å²) >= 11 is 5.54. The Kier molecular flexibility index (Phi) is 6.41. The highest BCUT2D eigenvalue weighted by atomic mass is 79.9. The summed E-state index contributed by atoms with van der Waals surface area (Å²) in [6.45, 7) is 8.96. The average Bonchev–Trinajstić information content (AvgIpc) is 3.19. The van der Waals surface area contributed by atoms with Crippen LogP contribution in [-0.2, 0) is 6.54 Å². The standard InChI is InChI=1S/C23H28BrN3O2S/c24-19-15-20(23-21(16-19)28-13-14-29-23)26-11-9-25(10-12-26)7-3-4-8-27-17-18-5-1-2-6-22(18)30-27/h1-2,5-6,15-16H,3-4,7-14,17H2. The molecule has 0 unspecified atom stereocenters. The average molecular weight is 490 g/mol. The van der Waals surface area contributed by atoms with Crippen molar-refractivity contribution in [1.29, 1.82) is 0 Å². The van der Waals surface area contributed by atoms with E-state index >= 15 is 0 Å². The smallest absolute Gasteiger partial charge is 0.184 e. The molecule has 0 N–H and O–H groups in total. The van der Waals surface area contributed by atoms with E-state index < -0.39 is 0 Å². The Morgan fingerprint density at radius 3 is 2.60 bits per heavy atom. The lowest BCUT2D eigenvalue weighted by Crippen LogP contribution is -2.46. The molecule has 0 bridgehead atoms. The van der Waals surface area contributed by atoms with Crippen LogP contribution < -0.4 is 14.4 Å². The molecule has 0 spiro atoms. The molecule has 3 heterocycles. The summed E-state index contributed by atoms with van der Waals surface area (Å²) in [5, 5.41) is 0. The van der Waals surface area contributed by atoms with Gasteiger partial charge in [-0.1, -0.05) is 34.1 Å². The maximum atomic E-state index is 5.93. The molecule has 30 heavy (non-hydrogen) atoms. The molecule has 1 fully saturated rings. The van der Waals surface area contributed by atoms with Crippen molar-refractivity contribution in [2.75, 3.05) is 57.4 Å². The van der Waals surface area contributed by atoms with Crippen LogP contribution in [0.4, 0.5) is 5.69 Å². The monoisotopic (exact) mass is 489 g/mol. The van der Waals surface area contributed by atoms with Gasteiger partial charge in [0.25, 0.3) is 0 Å². The fourth-order valence-corrected chi connectivity index (χ4v) is 5.90. The summed E-state index contributed by atoms with van der Waals surface area (Å²) in [5.74, 6) is 1.76. The zero-order valence-corrected chi connectivity index (χ0v) is 19.6. The van der Waals surface area contributed by atoms with Crippen LogP contribution in [0.25, 0.3) is 0 Å². The third-order valence-electron chi connectivity index (χ3n) is 5.98. The molecule has 160 valence electrons. The van der Waals surface area contributed by atoms with Gasteiger partial charge in [0.2, 0.25) is 0 Å². The predicted molar refractivity (Wildman–Crippen MR) is 126 cm³/mol. The summed E-state index contributed by atoms with van der Waals surface area (Å²) in [7, 11) is 0. The number of halogens is 1. The highest BCUT2D eigenvalue weighted by Crippen LogP contribution is 2.42. The first-order chi connectivity index (χ1) is 14.8. The molecule has 0 amide bonds. The quantitative estimate of drug-likeness (QED) is 0.433. The van der Waals surface area contributed by atoms with Crippen molar-refractivity contribution in [2.45, 2.75) is 24.3 Å². The van der Waals surface area contributed by atoms with Crippen LogP contribution in [0.1, 0.15) is 18.4 Å². The molecule has 3 aliphatic rings. The lowest BCUT2D eigenvalue weighted by atomic mass is 10.2. The van der Waals surface area contributed by atoms with Gasteiger partial charge in [-0.3, -0.25) is 4.90 Å². The summed E-state index contributed by atoms with van der Waals surface area (Å²) in [5.41, 5.74) is 2.63. The number of anilines is 1. The molecule has 0 aromatic heterocycles. The number of nitrogens with zero attached hydrogens (tertiary/aromatic N) is 3. The first-order valence-corrected chi connectivity index (χ1v) is 12.4. The Bertz CT molecular complexity index is 864. The minimum Gasteiger partial charge on any atom is -0.486 e. The predicted octanol–water partition coefficient (Wildman–Crippen LogP) is 4.65. The molecule has 0 aliphatic carbocycles. The minimum absolute atomic E-state index is 0.624. The van der Waals surface area contributed by atoms with Gasteiger partial charge >= 0.3 is 0 Å². The van der Waals surface area contributed by atoms with Crippen LogP contribution in [0, 0.1) is 0 Å². The number of fused-ring (bicyclic) bond motifs is 2. The van der Waals surface area contributed by atoms with Gasteiger partial charge in [0.05, 0.1) is 5.69 Å². The zero-order chi connectivity index (χ0) is 20.3. The van der Waals surface area contributed by atoms with Crippen LogP contribution >= 0.6 is 27.9 Å². The number of unbranched alkanes of at least 4 members (excludes halogenated alkanes) is 1. The summed E-state index contributed by atoms with van der Waals surface area (Å²) in [6, 6.07) is 12.9. The van der Waals surface area contributed by atoms with Crippen molar-refractivity contribution >= 4 is 33.6 Å². The van der Waals surface area contributed by atoms with Crippen molar-refractivity contribution in [3.63, 3.8) is 0 Å². The lowest BCUT2D eigenvalue weighted by molar-refractivity contribution is 0.171. The number of rotatable bonds is 6. The van der Waals surface area contributed by atoms with Gasteiger partial charge in [-0.15, -0.1) is 0 Å². The zero-order valence-electron chi connectivity index (χ0n) is 17.2. The van der Waals surface area contributed by atoms with E-state index in [9.17, 15) is 0 Å². The molecular weight excluding hydrogens is 462 g/mol. The molecular formula is C23H28BrN3O2S. The second-order valence-electron chi connectivity index (χ2n) is 8.05. The van der Waals surface area contributed by atoms with E-state index in [2.05, 4.69) is 60.4 Å². The van der Waals surface area contributed by atoms with Crippen LogP contribution in [0.15, 0.2) is 45.8 Å². The number of ether oxygens (including phenoxy) is 2. The Morgan fingerprint density at radius 2 is 1.73 bits per heavy atom. The fourth-order valence-electron chi connectivity index (χ4n) is 4.38. The Balaban J connectivity index is 1.06. The molecule has 0 radical (unpaired) electrons. The molecule has 2 aromatic carbocycles. The van der Waals surface area contributed by atoms with Crippen LogP contribution in [-0.4, -0.2) is 61.7 Å². The fraction of sp³-hybridized carbons (Fsp3) is 0.478.